The fraction of sp³-hybridized carbons (Fsp3) is 0.0833. The summed E-state index contributed by atoms with van der Waals surface area (Å²) in [6.07, 6.45) is 0. The fourth-order valence-corrected chi connectivity index (χ4v) is 2.47. The minimum absolute atomic E-state index is 0.0221. The van der Waals surface area contributed by atoms with E-state index in [0.717, 1.165) is 0 Å². The van der Waals surface area contributed by atoms with Gasteiger partial charge in [0.25, 0.3) is 0 Å². The van der Waals surface area contributed by atoms with Crippen LogP contribution in [0.5, 0.6) is 0 Å². The molecule has 0 atom stereocenters. The van der Waals surface area contributed by atoms with Crippen LogP contribution in [-0.4, -0.2) is 22.0 Å². The molecule has 8 heteroatoms. The number of nitrogens with two attached hydrogens (primary N) is 1. The minimum Gasteiger partial charge on any atom is -0.476 e. The molecule has 0 saturated heterocycles. The highest BCUT2D eigenvalue weighted by Gasteiger charge is 2.09. The second kappa shape index (κ2) is 5.89. The summed E-state index contributed by atoms with van der Waals surface area (Å²) in [5.41, 5.74) is 6.11. The van der Waals surface area contributed by atoms with Gasteiger partial charge in [0.1, 0.15) is 5.01 Å². The fourth-order valence-electron chi connectivity index (χ4n) is 1.49. The van der Waals surface area contributed by atoms with E-state index in [-0.39, 0.29) is 16.3 Å². The molecule has 0 aliphatic heterocycles. The monoisotopic (exact) mass is 311 g/mol. The Hall–Kier alpha value is -2.12. The van der Waals surface area contributed by atoms with E-state index in [1.54, 1.807) is 12.1 Å². The summed E-state index contributed by atoms with van der Waals surface area (Å²) in [5, 5.41) is 14.2. The van der Waals surface area contributed by atoms with E-state index in [9.17, 15) is 9.59 Å². The molecule has 104 valence electrons. The zero-order valence-corrected chi connectivity index (χ0v) is 11.7. The van der Waals surface area contributed by atoms with Crippen LogP contribution in [-0.2, 0) is 6.54 Å². The van der Waals surface area contributed by atoms with Crippen LogP contribution in [0, 0.1) is 0 Å². The number of carboxylic acids is 1. The van der Waals surface area contributed by atoms with E-state index in [0.29, 0.717) is 17.2 Å². The van der Waals surface area contributed by atoms with Gasteiger partial charge in [0, 0.05) is 11.1 Å². The van der Waals surface area contributed by atoms with Crippen molar-refractivity contribution in [1.29, 1.82) is 0 Å². The Morgan fingerprint density at radius 1 is 1.45 bits per heavy atom. The molecule has 2 aromatic rings. The van der Waals surface area contributed by atoms with Crippen molar-refractivity contribution in [2.45, 2.75) is 6.54 Å². The van der Waals surface area contributed by atoms with Gasteiger partial charge in [-0.15, -0.1) is 11.3 Å². The van der Waals surface area contributed by atoms with Crippen LogP contribution in [0.15, 0.2) is 23.6 Å². The topological polar surface area (TPSA) is 105 Å². The second-order valence-electron chi connectivity index (χ2n) is 3.84. The summed E-state index contributed by atoms with van der Waals surface area (Å²) in [5.74, 6) is -1.64. The number of anilines is 1. The average Bonchev–Trinajstić information content (AvgIpc) is 2.85. The molecule has 0 fully saturated rings. The number of carboxylic acid groups (broad SMARTS) is 1. The Kier molecular flexibility index (Phi) is 4.21. The van der Waals surface area contributed by atoms with Gasteiger partial charge >= 0.3 is 5.97 Å². The van der Waals surface area contributed by atoms with Crippen molar-refractivity contribution in [2.75, 3.05) is 5.32 Å². The molecule has 6 nitrogen and oxygen atoms in total. The van der Waals surface area contributed by atoms with Crippen LogP contribution in [0.2, 0.25) is 5.02 Å². The van der Waals surface area contributed by atoms with Crippen molar-refractivity contribution in [3.05, 3.63) is 44.9 Å². The molecule has 1 aromatic heterocycles. The molecular formula is C12H10ClN3O3S. The van der Waals surface area contributed by atoms with Crippen LogP contribution in [0.3, 0.4) is 0 Å². The van der Waals surface area contributed by atoms with Gasteiger partial charge in [-0.2, -0.15) is 0 Å². The minimum atomic E-state index is -1.05. The molecule has 1 aromatic carbocycles. The number of carbonyl (C=O) groups excluding carboxylic acids is 1. The first-order valence-corrected chi connectivity index (χ1v) is 6.74. The van der Waals surface area contributed by atoms with E-state index in [1.807, 2.05) is 0 Å². The van der Waals surface area contributed by atoms with Crippen molar-refractivity contribution in [3.63, 3.8) is 0 Å². The Morgan fingerprint density at radius 2 is 2.20 bits per heavy atom. The number of thiazole rings is 1. The Balaban J connectivity index is 2.05. The standard InChI is InChI=1S/C12H10ClN3O3S/c13-8-3-6(1-2-7(8)11(14)17)15-4-10-16-9(5-20-10)12(18)19/h1-3,5,15H,4H2,(H2,14,17)(H,18,19). The number of nitrogens with one attached hydrogen (secondary N) is 1. The predicted molar refractivity (Wildman–Crippen MR) is 76.4 cm³/mol. The quantitative estimate of drug-likeness (QED) is 0.785. The van der Waals surface area contributed by atoms with Gasteiger partial charge in [0.15, 0.2) is 5.69 Å². The molecule has 0 unspecified atom stereocenters. The number of halogens is 1. The number of aromatic carboxylic acids is 1. The van der Waals surface area contributed by atoms with Crippen molar-refractivity contribution in [2.24, 2.45) is 5.73 Å². The maximum atomic E-state index is 11.0. The third-order valence-corrected chi connectivity index (χ3v) is 3.61. The molecule has 0 radical (unpaired) electrons. The number of rotatable bonds is 5. The first-order valence-electron chi connectivity index (χ1n) is 5.48. The van der Waals surface area contributed by atoms with Crippen LogP contribution in [0.25, 0.3) is 0 Å². The van der Waals surface area contributed by atoms with E-state index >= 15 is 0 Å². The Bertz CT molecular complexity index is 672. The zero-order chi connectivity index (χ0) is 14.7. The number of aromatic nitrogens is 1. The SMILES string of the molecule is NC(=O)c1ccc(NCc2nc(C(=O)O)cs2)cc1Cl. The van der Waals surface area contributed by atoms with Crippen molar-refractivity contribution in [1.82, 2.24) is 4.98 Å². The number of benzene rings is 1. The Labute approximate surface area is 123 Å². The van der Waals surface area contributed by atoms with Gasteiger partial charge in [-0.05, 0) is 18.2 Å². The van der Waals surface area contributed by atoms with Crippen LogP contribution < -0.4 is 11.1 Å². The molecule has 1 heterocycles. The van der Waals surface area contributed by atoms with Gasteiger partial charge < -0.3 is 16.2 Å². The second-order valence-corrected chi connectivity index (χ2v) is 5.19. The summed E-state index contributed by atoms with van der Waals surface area (Å²) in [6.45, 7) is 0.365. The molecule has 20 heavy (non-hydrogen) atoms. The number of carbonyl (C=O) groups is 2. The van der Waals surface area contributed by atoms with Gasteiger partial charge in [0.05, 0.1) is 17.1 Å². The molecule has 0 saturated carbocycles. The lowest BCUT2D eigenvalue weighted by Crippen LogP contribution is -2.11. The molecule has 4 N–H and O–H groups in total. The normalized spacial score (nSPS) is 10.2. The number of primary amides is 1. The van der Waals surface area contributed by atoms with E-state index in [1.165, 1.54) is 22.8 Å². The average molecular weight is 312 g/mol. The summed E-state index contributed by atoms with van der Waals surface area (Å²) in [7, 11) is 0. The molecular weight excluding hydrogens is 302 g/mol. The van der Waals surface area contributed by atoms with Crippen molar-refractivity contribution in [3.8, 4) is 0 Å². The highest BCUT2D eigenvalue weighted by atomic mass is 35.5. The van der Waals surface area contributed by atoms with Crippen LogP contribution >= 0.6 is 22.9 Å². The highest BCUT2D eigenvalue weighted by molar-refractivity contribution is 7.09. The van der Waals surface area contributed by atoms with E-state index in [4.69, 9.17) is 22.4 Å². The molecule has 1 amide bonds. The number of amides is 1. The lowest BCUT2D eigenvalue weighted by atomic mass is 10.2. The maximum absolute atomic E-state index is 11.0. The first-order chi connectivity index (χ1) is 9.47. The summed E-state index contributed by atoms with van der Waals surface area (Å²) in [6, 6.07) is 4.77. The number of nitrogens with zero attached hydrogens (tertiary/aromatic N) is 1. The van der Waals surface area contributed by atoms with E-state index < -0.39 is 11.9 Å². The van der Waals surface area contributed by atoms with Gasteiger partial charge in [0.2, 0.25) is 5.91 Å². The summed E-state index contributed by atoms with van der Waals surface area (Å²) < 4.78 is 0. The Morgan fingerprint density at radius 3 is 2.75 bits per heavy atom. The molecule has 0 aliphatic rings. The first kappa shape index (κ1) is 14.3. The van der Waals surface area contributed by atoms with Gasteiger partial charge in [-0.25, -0.2) is 9.78 Å². The molecule has 0 bridgehead atoms. The molecule has 2 rings (SSSR count). The number of hydrogen-bond acceptors (Lipinski definition) is 5. The molecule has 0 spiro atoms. The van der Waals surface area contributed by atoms with Crippen molar-refractivity contribution >= 4 is 40.5 Å². The van der Waals surface area contributed by atoms with Gasteiger partial charge in [-0.1, -0.05) is 11.6 Å². The smallest absolute Gasteiger partial charge is 0.355 e. The van der Waals surface area contributed by atoms with Crippen LogP contribution in [0.1, 0.15) is 25.9 Å². The van der Waals surface area contributed by atoms with E-state index in [2.05, 4.69) is 10.3 Å². The summed E-state index contributed by atoms with van der Waals surface area (Å²) in [4.78, 5) is 25.7. The third kappa shape index (κ3) is 3.25. The van der Waals surface area contributed by atoms with Crippen molar-refractivity contribution < 1.29 is 14.7 Å². The predicted octanol–water partition coefficient (Wildman–Crippen LogP) is 2.21. The lowest BCUT2D eigenvalue weighted by molar-refractivity contribution is 0.0691. The lowest BCUT2D eigenvalue weighted by Gasteiger charge is -2.06. The third-order valence-electron chi connectivity index (χ3n) is 2.45. The number of hydrogen-bond donors (Lipinski definition) is 3. The summed E-state index contributed by atoms with van der Waals surface area (Å²) >= 11 is 7.17. The largest absolute Gasteiger partial charge is 0.476 e. The zero-order valence-electron chi connectivity index (χ0n) is 10.1. The van der Waals surface area contributed by atoms with Gasteiger partial charge in [-0.3, -0.25) is 4.79 Å². The molecule has 0 aliphatic carbocycles. The maximum Gasteiger partial charge on any atom is 0.355 e. The highest BCUT2D eigenvalue weighted by Crippen LogP contribution is 2.21. The van der Waals surface area contributed by atoms with Crippen LogP contribution in [0.4, 0.5) is 5.69 Å².